The molecule has 0 aromatic rings. The Morgan fingerprint density at radius 2 is 1.53 bits per heavy atom. The van der Waals surface area contributed by atoms with Gasteiger partial charge in [0.2, 0.25) is 0 Å². The summed E-state index contributed by atoms with van der Waals surface area (Å²) in [6.07, 6.45) is 27.9. The van der Waals surface area contributed by atoms with Crippen LogP contribution in [0.15, 0.2) is 35.5 Å². The molecule has 218 valence electrons. The quantitative estimate of drug-likeness (QED) is 0.249. The SMILES string of the molecule is C.C#C.C=C1/C(=C\C=C2/CCC[C@@]3(C)C2CCC3C(CCCC(C)(C)O)CCCC(C)(C)O)CCC[C@@H]1O. The van der Waals surface area contributed by atoms with Crippen LogP contribution in [0.5, 0.6) is 0 Å². The summed E-state index contributed by atoms with van der Waals surface area (Å²) in [5.41, 5.74) is 2.95. The molecule has 0 amide bonds. The molecule has 3 N–H and O–H groups in total. The van der Waals surface area contributed by atoms with E-state index in [0.29, 0.717) is 17.3 Å². The van der Waals surface area contributed by atoms with Crippen molar-refractivity contribution in [2.75, 3.05) is 0 Å². The minimum atomic E-state index is -0.593. The highest BCUT2D eigenvalue weighted by atomic mass is 16.3. The lowest BCUT2D eigenvalue weighted by atomic mass is 9.60. The lowest BCUT2D eigenvalue weighted by molar-refractivity contribution is 0.0480. The summed E-state index contributed by atoms with van der Waals surface area (Å²) in [4.78, 5) is 0. The van der Waals surface area contributed by atoms with E-state index < -0.39 is 11.2 Å². The van der Waals surface area contributed by atoms with Gasteiger partial charge in [-0.1, -0.05) is 64.3 Å². The van der Waals surface area contributed by atoms with Crippen LogP contribution in [0.25, 0.3) is 0 Å². The standard InChI is InChI=1S/C32H54O3.C2H2.CH4/c1-23-24(11-7-15-29(23)33)16-17-26-14-10-22-32(6)27(18-19-28(26)32)25(12-8-20-30(2,3)34)13-9-21-31(4,5)35;1-2;/h16-17,25,27-29,33-35H,1,7-15,18-22H2,2-6H3;1-2H;1H4/b24-16-,26-17+;;/t27?,28?,29-,32+;;/m0../s1. The molecule has 0 heterocycles. The van der Waals surface area contributed by atoms with E-state index in [4.69, 9.17) is 0 Å². The lowest BCUT2D eigenvalue weighted by Crippen LogP contribution is -2.37. The molecule has 3 heteroatoms. The smallest absolute Gasteiger partial charge is 0.0787 e. The van der Waals surface area contributed by atoms with Gasteiger partial charge in [-0.15, -0.1) is 12.8 Å². The Hall–Kier alpha value is -1.34. The molecule has 3 fully saturated rings. The van der Waals surface area contributed by atoms with Gasteiger partial charge >= 0.3 is 0 Å². The number of rotatable bonds is 10. The Bertz CT molecular complexity index is 798. The zero-order chi connectivity index (χ0) is 27.9. The molecule has 0 bridgehead atoms. The highest BCUT2D eigenvalue weighted by molar-refractivity contribution is 5.37. The molecule has 3 aliphatic rings. The number of hydrogen-bond acceptors (Lipinski definition) is 3. The van der Waals surface area contributed by atoms with Gasteiger partial charge in [-0.2, -0.15) is 0 Å². The number of terminal acetylenes is 1. The van der Waals surface area contributed by atoms with Gasteiger partial charge in [0.25, 0.3) is 0 Å². The summed E-state index contributed by atoms with van der Waals surface area (Å²) in [5.74, 6) is 2.05. The molecule has 3 saturated carbocycles. The molecule has 3 nitrogen and oxygen atoms in total. The van der Waals surface area contributed by atoms with Crippen molar-refractivity contribution in [3.05, 3.63) is 35.5 Å². The maximum Gasteiger partial charge on any atom is 0.0787 e. The van der Waals surface area contributed by atoms with E-state index in [1.807, 2.05) is 27.7 Å². The Labute approximate surface area is 235 Å². The number of aliphatic hydroxyl groups excluding tert-OH is 1. The lowest BCUT2D eigenvalue weighted by Gasteiger charge is -2.45. The molecule has 4 atom stereocenters. The molecule has 0 spiro atoms. The van der Waals surface area contributed by atoms with E-state index in [-0.39, 0.29) is 13.5 Å². The average Bonchev–Trinajstić information content (AvgIpc) is 3.16. The van der Waals surface area contributed by atoms with E-state index in [9.17, 15) is 15.3 Å². The Morgan fingerprint density at radius 1 is 0.947 bits per heavy atom. The van der Waals surface area contributed by atoms with Gasteiger partial charge in [0, 0.05) is 0 Å². The van der Waals surface area contributed by atoms with Gasteiger partial charge in [-0.05, 0) is 126 Å². The predicted molar refractivity (Wildman–Crippen MR) is 164 cm³/mol. The molecule has 3 aliphatic carbocycles. The number of fused-ring (bicyclic) bond motifs is 1. The van der Waals surface area contributed by atoms with Gasteiger partial charge in [-0.3, -0.25) is 0 Å². The van der Waals surface area contributed by atoms with E-state index in [1.165, 1.54) is 50.5 Å². The highest BCUT2D eigenvalue weighted by Gasteiger charge is 2.51. The number of aliphatic hydroxyl groups is 3. The van der Waals surface area contributed by atoms with E-state index in [2.05, 4.69) is 38.5 Å². The summed E-state index contributed by atoms with van der Waals surface area (Å²) in [6.45, 7) is 14.4. The van der Waals surface area contributed by atoms with Gasteiger partial charge < -0.3 is 15.3 Å². The Morgan fingerprint density at radius 3 is 2.08 bits per heavy atom. The first kappa shape index (κ1) is 34.7. The van der Waals surface area contributed by atoms with Crippen LogP contribution in [-0.4, -0.2) is 32.6 Å². The van der Waals surface area contributed by atoms with Crippen LogP contribution >= 0.6 is 0 Å². The third-order valence-corrected chi connectivity index (χ3v) is 9.57. The van der Waals surface area contributed by atoms with E-state index >= 15 is 0 Å². The second-order valence-electron chi connectivity index (χ2n) is 13.6. The minimum absolute atomic E-state index is 0. The van der Waals surface area contributed by atoms with Crippen LogP contribution in [0.2, 0.25) is 0 Å². The first-order valence-electron chi connectivity index (χ1n) is 14.9. The monoisotopic (exact) mass is 528 g/mol. The average molecular weight is 529 g/mol. The van der Waals surface area contributed by atoms with Crippen LogP contribution in [0.3, 0.4) is 0 Å². The van der Waals surface area contributed by atoms with Gasteiger partial charge in [0.05, 0.1) is 17.3 Å². The van der Waals surface area contributed by atoms with E-state index in [1.54, 1.807) is 5.57 Å². The maximum absolute atomic E-state index is 10.3. The van der Waals surface area contributed by atoms with Crippen molar-refractivity contribution in [1.82, 2.24) is 0 Å². The fraction of sp³-hybridized carbons (Fsp3) is 0.771. The topological polar surface area (TPSA) is 60.7 Å². The Kier molecular flexibility index (Phi) is 13.6. The van der Waals surface area contributed by atoms with Crippen LogP contribution in [-0.2, 0) is 0 Å². The summed E-state index contributed by atoms with van der Waals surface area (Å²) in [5, 5.41) is 30.8. The van der Waals surface area contributed by atoms with Crippen LogP contribution < -0.4 is 0 Å². The van der Waals surface area contributed by atoms with Crippen molar-refractivity contribution in [3.8, 4) is 12.8 Å². The molecule has 0 radical (unpaired) electrons. The van der Waals surface area contributed by atoms with Crippen molar-refractivity contribution < 1.29 is 15.3 Å². The molecular formula is C35H60O3. The molecule has 0 aliphatic heterocycles. The highest BCUT2D eigenvalue weighted by Crippen LogP contribution is 2.60. The summed E-state index contributed by atoms with van der Waals surface area (Å²) >= 11 is 0. The van der Waals surface area contributed by atoms with Gasteiger partial charge in [0.1, 0.15) is 0 Å². The fourth-order valence-electron chi connectivity index (χ4n) is 7.63. The van der Waals surface area contributed by atoms with E-state index in [0.717, 1.165) is 56.4 Å². The molecule has 0 aromatic heterocycles. The summed E-state index contributed by atoms with van der Waals surface area (Å²) in [7, 11) is 0. The first-order valence-corrected chi connectivity index (χ1v) is 14.9. The second-order valence-corrected chi connectivity index (χ2v) is 13.6. The Balaban J connectivity index is 0.00000235. The minimum Gasteiger partial charge on any atom is -0.390 e. The second kappa shape index (κ2) is 14.9. The summed E-state index contributed by atoms with van der Waals surface area (Å²) in [6, 6.07) is 0. The third kappa shape index (κ3) is 9.69. The number of allylic oxidation sites excluding steroid dienone is 3. The zero-order valence-corrected chi connectivity index (χ0v) is 24.6. The molecule has 38 heavy (non-hydrogen) atoms. The van der Waals surface area contributed by atoms with Crippen molar-refractivity contribution in [1.29, 1.82) is 0 Å². The van der Waals surface area contributed by atoms with Crippen LogP contribution in [0.1, 0.15) is 132 Å². The largest absolute Gasteiger partial charge is 0.390 e. The maximum atomic E-state index is 10.3. The fourth-order valence-corrected chi connectivity index (χ4v) is 7.63. The van der Waals surface area contributed by atoms with Crippen LogP contribution in [0.4, 0.5) is 0 Å². The molecule has 0 aromatic carbocycles. The predicted octanol–water partition coefficient (Wildman–Crippen LogP) is 8.54. The van der Waals surface area contributed by atoms with Gasteiger partial charge in [-0.25, -0.2) is 0 Å². The first-order chi connectivity index (χ1) is 17.3. The molecular weight excluding hydrogens is 468 g/mol. The van der Waals surface area contributed by atoms with Crippen molar-refractivity contribution in [2.24, 2.45) is 23.2 Å². The molecule has 3 rings (SSSR count). The van der Waals surface area contributed by atoms with Crippen molar-refractivity contribution in [3.63, 3.8) is 0 Å². The summed E-state index contributed by atoms with van der Waals surface area (Å²) < 4.78 is 0. The van der Waals surface area contributed by atoms with Gasteiger partial charge in [0.15, 0.2) is 0 Å². The van der Waals surface area contributed by atoms with Crippen molar-refractivity contribution >= 4 is 0 Å². The van der Waals surface area contributed by atoms with Crippen molar-refractivity contribution in [2.45, 2.75) is 149 Å². The zero-order valence-electron chi connectivity index (χ0n) is 24.6. The number of hydrogen-bond donors (Lipinski definition) is 3. The molecule has 2 unspecified atom stereocenters. The van der Waals surface area contributed by atoms with Crippen LogP contribution in [0, 0.1) is 36.0 Å². The third-order valence-electron chi connectivity index (χ3n) is 9.57. The molecule has 0 saturated heterocycles. The normalized spacial score (nSPS) is 30.1.